The van der Waals surface area contributed by atoms with Crippen molar-refractivity contribution in [3.63, 3.8) is 0 Å². The number of pyridine rings is 1. The summed E-state index contributed by atoms with van der Waals surface area (Å²) in [6.07, 6.45) is 0. The number of ether oxygens (including phenoxy) is 1. The molecule has 1 aromatic rings. The van der Waals surface area contributed by atoms with Crippen LogP contribution in [0.3, 0.4) is 0 Å². The quantitative estimate of drug-likeness (QED) is 0.543. The van der Waals surface area contributed by atoms with Crippen LogP contribution in [0.2, 0.25) is 0 Å². The Morgan fingerprint density at radius 1 is 1.44 bits per heavy atom. The van der Waals surface area contributed by atoms with Crippen LogP contribution in [0.1, 0.15) is 18.5 Å². The fourth-order valence-electron chi connectivity index (χ4n) is 1.61. The lowest BCUT2D eigenvalue weighted by atomic mass is 10.1. The zero-order chi connectivity index (χ0) is 11.7. The predicted octanol–water partition coefficient (Wildman–Crippen LogP) is -0.0263. The molecule has 1 amide bonds. The van der Waals surface area contributed by atoms with Gasteiger partial charge in [0.15, 0.2) is 5.92 Å². The summed E-state index contributed by atoms with van der Waals surface area (Å²) in [5.74, 6) is -2.19. The van der Waals surface area contributed by atoms with E-state index in [0.717, 1.165) is 0 Å². The molecule has 1 atom stereocenters. The zero-order valence-electron chi connectivity index (χ0n) is 8.57. The number of H-pyrrole nitrogens is 1. The van der Waals surface area contributed by atoms with Crippen LogP contribution in [0.15, 0.2) is 16.9 Å². The highest BCUT2D eigenvalue weighted by Crippen LogP contribution is 2.30. The van der Waals surface area contributed by atoms with Gasteiger partial charge in [-0.3, -0.25) is 14.4 Å². The van der Waals surface area contributed by atoms with Gasteiger partial charge in [-0.1, -0.05) is 0 Å². The van der Waals surface area contributed by atoms with E-state index in [-0.39, 0.29) is 17.9 Å². The Labute approximate surface area is 90.6 Å². The summed E-state index contributed by atoms with van der Waals surface area (Å²) in [5.41, 5.74) is 0.364. The number of amides is 1. The van der Waals surface area contributed by atoms with Crippen molar-refractivity contribution in [3.8, 4) is 0 Å². The molecule has 84 valence electrons. The molecule has 0 aliphatic carbocycles. The van der Waals surface area contributed by atoms with Gasteiger partial charge in [-0.25, -0.2) is 0 Å². The number of aromatic amines is 1. The third kappa shape index (κ3) is 1.58. The van der Waals surface area contributed by atoms with E-state index >= 15 is 0 Å². The summed E-state index contributed by atoms with van der Waals surface area (Å²) in [6.45, 7) is 1.84. The van der Waals surface area contributed by atoms with Crippen LogP contribution in [0, 0.1) is 0 Å². The van der Waals surface area contributed by atoms with Gasteiger partial charge in [0.05, 0.1) is 18.0 Å². The lowest BCUT2D eigenvalue weighted by Gasteiger charge is -2.06. The summed E-state index contributed by atoms with van der Waals surface area (Å²) in [5, 5.41) is 2.50. The van der Waals surface area contributed by atoms with Crippen molar-refractivity contribution in [2.45, 2.75) is 12.8 Å². The number of carbonyl (C=O) groups excluding carboxylic acids is 2. The maximum atomic E-state index is 11.5. The van der Waals surface area contributed by atoms with E-state index in [2.05, 4.69) is 10.3 Å². The first-order chi connectivity index (χ1) is 7.63. The number of aromatic nitrogens is 1. The monoisotopic (exact) mass is 222 g/mol. The number of anilines is 1. The molecule has 2 heterocycles. The summed E-state index contributed by atoms with van der Waals surface area (Å²) in [6, 6.07) is 2.75. The first-order valence-corrected chi connectivity index (χ1v) is 4.84. The van der Waals surface area contributed by atoms with Gasteiger partial charge in [0.25, 0.3) is 0 Å². The molecule has 1 aliphatic heterocycles. The zero-order valence-corrected chi connectivity index (χ0v) is 8.57. The van der Waals surface area contributed by atoms with Gasteiger partial charge >= 0.3 is 5.97 Å². The van der Waals surface area contributed by atoms with E-state index in [1.54, 1.807) is 6.92 Å². The maximum absolute atomic E-state index is 11.5. The molecular weight excluding hydrogens is 212 g/mol. The highest BCUT2D eigenvalue weighted by Gasteiger charge is 2.38. The summed E-state index contributed by atoms with van der Waals surface area (Å²) >= 11 is 0. The summed E-state index contributed by atoms with van der Waals surface area (Å²) in [7, 11) is 0. The molecule has 1 aromatic heterocycles. The summed E-state index contributed by atoms with van der Waals surface area (Å²) < 4.78 is 4.77. The fraction of sp³-hybridized carbons (Fsp3) is 0.300. The van der Waals surface area contributed by atoms with Crippen LogP contribution in [-0.4, -0.2) is 23.5 Å². The SMILES string of the molecule is CCOC(=O)C1C(=O)Nc2ccc(=O)[nH]c21. The van der Waals surface area contributed by atoms with Gasteiger partial charge in [0.2, 0.25) is 11.5 Å². The van der Waals surface area contributed by atoms with E-state index in [9.17, 15) is 14.4 Å². The van der Waals surface area contributed by atoms with E-state index in [4.69, 9.17) is 4.74 Å². The van der Waals surface area contributed by atoms with Crippen LogP contribution in [0.5, 0.6) is 0 Å². The van der Waals surface area contributed by atoms with Crippen molar-refractivity contribution in [2.75, 3.05) is 11.9 Å². The van der Waals surface area contributed by atoms with Crippen molar-refractivity contribution in [2.24, 2.45) is 0 Å². The highest BCUT2D eigenvalue weighted by atomic mass is 16.5. The fourth-order valence-corrected chi connectivity index (χ4v) is 1.61. The number of nitrogens with one attached hydrogen (secondary N) is 2. The number of esters is 1. The smallest absolute Gasteiger partial charge is 0.324 e. The molecular formula is C10H10N2O4. The van der Waals surface area contributed by atoms with Crippen LogP contribution in [0.25, 0.3) is 0 Å². The molecule has 0 radical (unpaired) electrons. The van der Waals surface area contributed by atoms with E-state index in [1.165, 1.54) is 12.1 Å². The van der Waals surface area contributed by atoms with E-state index < -0.39 is 17.8 Å². The molecule has 2 rings (SSSR count). The van der Waals surface area contributed by atoms with E-state index in [0.29, 0.717) is 5.69 Å². The second-order valence-corrected chi connectivity index (χ2v) is 3.32. The second kappa shape index (κ2) is 3.80. The number of hydrogen-bond donors (Lipinski definition) is 2. The molecule has 0 spiro atoms. The normalized spacial score (nSPS) is 17.8. The molecule has 6 heteroatoms. The van der Waals surface area contributed by atoms with Gasteiger partial charge in [-0.2, -0.15) is 0 Å². The lowest BCUT2D eigenvalue weighted by molar-refractivity contribution is -0.147. The first-order valence-electron chi connectivity index (χ1n) is 4.84. The van der Waals surface area contributed by atoms with E-state index in [1.807, 2.05) is 0 Å². The predicted molar refractivity (Wildman–Crippen MR) is 55.1 cm³/mol. The van der Waals surface area contributed by atoms with Gasteiger partial charge in [-0.05, 0) is 13.0 Å². The molecule has 0 fully saturated rings. The number of rotatable bonds is 2. The topological polar surface area (TPSA) is 88.3 Å². The Morgan fingerprint density at radius 2 is 2.19 bits per heavy atom. The standard InChI is InChI=1S/C10H10N2O4/c1-2-16-10(15)7-8-5(11-9(7)14)3-4-6(13)12-8/h3-4,7H,2H2,1H3,(H,11,14)(H,12,13). The summed E-state index contributed by atoms with van der Waals surface area (Å²) in [4.78, 5) is 36.6. The largest absolute Gasteiger partial charge is 0.465 e. The number of fused-ring (bicyclic) bond motifs is 1. The van der Waals surface area contributed by atoms with Crippen molar-refractivity contribution >= 4 is 17.6 Å². The minimum absolute atomic E-state index is 0.189. The Bertz CT molecular complexity index is 506. The third-order valence-electron chi connectivity index (χ3n) is 2.28. The molecule has 0 aromatic carbocycles. The Kier molecular flexibility index (Phi) is 2.47. The minimum Gasteiger partial charge on any atom is -0.465 e. The number of hydrogen-bond acceptors (Lipinski definition) is 4. The highest BCUT2D eigenvalue weighted by molar-refractivity contribution is 6.14. The molecule has 0 saturated carbocycles. The maximum Gasteiger partial charge on any atom is 0.324 e. The minimum atomic E-state index is -1.07. The van der Waals surface area contributed by atoms with Crippen LogP contribution in [-0.2, 0) is 14.3 Å². The first kappa shape index (κ1) is 10.4. The number of carbonyl (C=O) groups is 2. The third-order valence-corrected chi connectivity index (χ3v) is 2.28. The molecule has 0 saturated heterocycles. The van der Waals surface area contributed by atoms with Crippen molar-refractivity contribution in [1.82, 2.24) is 4.98 Å². The Balaban J connectivity index is 2.42. The van der Waals surface area contributed by atoms with Gasteiger partial charge in [0.1, 0.15) is 0 Å². The van der Waals surface area contributed by atoms with Crippen molar-refractivity contribution in [3.05, 3.63) is 28.2 Å². The molecule has 2 N–H and O–H groups in total. The van der Waals surface area contributed by atoms with Crippen molar-refractivity contribution in [1.29, 1.82) is 0 Å². The van der Waals surface area contributed by atoms with Crippen LogP contribution >= 0.6 is 0 Å². The van der Waals surface area contributed by atoms with Gasteiger partial charge < -0.3 is 15.0 Å². The van der Waals surface area contributed by atoms with Crippen LogP contribution < -0.4 is 10.9 Å². The Morgan fingerprint density at radius 3 is 2.88 bits per heavy atom. The molecule has 0 bridgehead atoms. The second-order valence-electron chi connectivity index (χ2n) is 3.32. The van der Waals surface area contributed by atoms with Crippen LogP contribution in [0.4, 0.5) is 5.69 Å². The molecule has 1 aliphatic rings. The molecule has 1 unspecified atom stereocenters. The Hall–Kier alpha value is -2.11. The van der Waals surface area contributed by atoms with Gasteiger partial charge in [-0.15, -0.1) is 0 Å². The average Bonchev–Trinajstić information content (AvgIpc) is 2.53. The van der Waals surface area contributed by atoms with Gasteiger partial charge in [0, 0.05) is 6.07 Å². The molecule has 16 heavy (non-hydrogen) atoms. The average molecular weight is 222 g/mol. The lowest BCUT2D eigenvalue weighted by Crippen LogP contribution is -2.24. The van der Waals surface area contributed by atoms with Crippen molar-refractivity contribution < 1.29 is 14.3 Å². The molecule has 6 nitrogen and oxygen atoms in total.